The van der Waals surface area contributed by atoms with Gasteiger partial charge in [-0.05, 0) is 41.1 Å². The lowest BCUT2D eigenvalue weighted by molar-refractivity contribution is -0.123. The molecule has 116 valence electrons. The van der Waals surface area contributed by atoms with Crippen LogP contribution >= 0.6 is 15.9 Å². The number of ether oxygens (including phenoxy) is 1. The molecule has 0 saturated heterocycles. The number of benzene rings is 2. The number of amides is 1. The third-order valence-corrected chi connectivity index (χ3v) is 3.66. The van der Waals surface area contributed by atoms with Gasteiger partial charge in [0.15, 0.2) is 6.61 Å². The van der Waals surface area contributed by atoms with Gasteiger partial charge in [0.05, 0.1) is 10.5 Å². The van der Waals surface area contributed by atoms with Gasteiger partial charge in [-0.1, -0.05) is 18.2 Å². The number of para-hydroxylation sites is 1. The zero-order valence-electron chi connectivity index (χ0n) is 11.8. The van der Waals surface area contributed by atoms with Gasteiger partial charge in [-0.25, -0.2) is 8.78 Å². The normalized spacial score (nSPS) is 11.8. The third kappa shape index (κ3) is 4.27. The van der Waals surface area contributed by atoms with Crippen molar-refractivity contribution in [3.8, 4) is 5.75 Å². The minimum atomic E-state index is -0.695. The van der Waals surface area contributed by atoms with Crippen LogP contribution in [0.15, 0.2) is 46.9 Å². The highest BCUT2D eigenvalue weighted by molar-refractivity contribution is 9.10. The molecule has 0 aliphatic carbocycles. The fraction of sp³-hybridized carbons (Fsp3) is 0.188. The summed E-state index contributed by atoms with van der Waals surface area (Å²) in [5.74, 6) is -1.21. The maximum Gasteiger partial charge on any atom is 0.258 e. The van der Waals surface area contributed by atoms with Crippen molar-refractivity contribution in [1.82, 2.24) is 5.32 Å². The number of hydrogen-bond donors (Lipinski definition) is 1. The predicted octanol–water partition coefficient (Wildman–Crippen LogP) is 3.98. The molecule has 0 saturated carbocycles. The summed E-state index contributed by atoms with van der Waals surface area (Å²) in [5.41, 5.74) is 0.218. The summed E-state index contributed by atoms with van der Waals surface area (Å²) in [6, 6.07) is 9.80. The first-order valence-electron chi connectivity index (χ1n) is 6.59. The second kappa shape index (κ2) is 7.35. The van der Waals surface area contributed by atoms with Crippen molar-refractivity contribution in [3.63, 3.8) is 0 Å². The molecule has 1 amide bonds. The van der Waals surface area contributed by atoms with Crippen molar-refractivity contribution in [3.05, 3.63) is 64.1 Å². The van der Waals surface area contributed by atoms with Gasteiger partial charge >= 0.3 is 0 Å². The maximum absolute atomic E-state index is 13.6. The Bertz CT molecular complexity index is 679. The molecule has 6 heteroatoms. The molecule has 1 atom stereocenters. The second-order valence-corrected chi connectivity index (χ2v) is 5.53. The third-order valence-electron chi connectivity index (χ3n) is 3.00. The minimum Gasteiger partial charge on any atom is -0.483 e. The molecule has 0 unspecified atom stereocenters. The number of halogens is 3. The van der Waals surface area contributed by atoms with Crippen LogP contribution in [-0.4, -0.2) is 12.5 Å². The first-order chi connectivity index (χ1) is 10.5. The van der Waals surface area contributed by atoms with Crippen LogP contribution in [0.1, 0.15) is 18.5 Å². The quantitative estimate of drug-likeness (QED) is 0.865. The van der Waals surface area contributed by atoms with Gasteiger partial charge in [0.1, 0.15) is 17.4 Å². The molecule has 0 aliphatic rings. The number of carbonyl (C=O) groups excluding carboxylic acids is 1. The van der Waals surface area contributed by atoms with E-state index in [1.807, 2.05) is 6.07 Å². The number of rotatable bonds is 5. The Morgan fingerprint density at radius 3 is 2.68 bits per heavy atom. The van der Waals surface area contributed by atoms with Gasteiger partial charge < -0.3 is 10.1 Å². The summed E-state index contributed by atoms with van der Waals surface area (Å²) in [7, 11) is 0. The zero-order chi connectivity index (χ0) is 16.1. The Kier molecular flexibility index (Phi) is 5.49. The fourth-order valence-corrected chi connectivity index (χ4v) is 2.32. The Balaban J connectivity index is 1.93. The van der Waals surface area contributed by atoms with Crippen LogP contribution in [-0.2, 0) is 4.79 Å². The van der Waals surface area contributed by atoms with Gasteiger partial charge in [0, 0.05) is 11.6 Å². The van der Waals surface area contributed by atoms with E-state index < -0.39 is 23.6 Å². The van der Waals surface area contributed by atoms with Crippen LogP contribution in [0, 0.1) is 11.6 Å². The van der Waals surface area contributed by atoms with Crippen molar-refractivity contribution in [1.29, 1.82) is 0 Å². The molecule has 0 bridgehead atoms. The van der Waals surface area contributed by atoms with Gasteiger partial charge in [-0.3, -0.25) is 4.79 Å². The predicted molar refractivity (Wildman–Crippen MR) is 82.6 cm³/mol. The van der Waals surface area contributed by atoms with E-state index in [-0.39, 0.29) is 12.2 Å². The molecule has 22 heavy (non-hydrogen) atoms. The highest BCUT2D eigenvalue weighted by Gasteiger charge is 2.14. The summed E-state index contributed by atoms with van der Waals surface area (Å²) >= 11 is 3.31. The molecule has 0 heterocycles. The van der Waals surface area contributed by atoms with Crippen molar-refractivity contribution >= 4 is 21.8 Å². The van der Waals surface area contributed by atoms with Crippen LogP contribution in [0.5, 0.6) is 5.75 Å². The van der Waals surface area contributed by atoms with Crippen LogP contribution in [0.4, 0.5) is 8.78 Å². The summed E-state index contributed by atoms with van der Waals surface area (Å²) < 4.78 is 32.6. The van der Waals surface area contributed by atoms with Crippen LogP contribution < -0.4 is 10.1 Å². The summed E-state index contributed by atoms with van der Waals surface area (Å²) in [4.78, 5) is 11.8. The van der Waals surface area contributed by atoms with E-state index in [1.54, 1.807) is 25.1 Å². The van der Waals surface area contributed by atoms with Crippen molar-refractivity contribution in [2.75, 3.05) is 6.61 Å². The Hall–Kier alpha value is -1.95. The lowest BCUT2D eigenvalue weighted by Crippen LogP contribution is -2.31. The number of hydrogen-bond acceptors (Lipinski definition) is 2. The smallest absolute Gasteiger partial charge is 0.258 e. The van der Waals surface area contributed by atoms with Crippen LogP contribution in [0.3, 0.4) is 0 Å². The maximum atomic E-state index is 13.6. The SMILES string of the molecule is C[C@@H](NC(=O)COc1ccccc1Br)c1ccc(F)cc1F. The average molecular weight is 370 g/mol. The lowest BCUT2D eigenvalue weighted by Gasteiger charge is -2.15. The molecule has 0 spiro atoms. The fourth-order valence-electron chi connectivity index (χ4n) is 1.92. The van der Waals surface area contributed by atoms with E-state index in [9.17, 15) is 13.6 Å². The largest absolute Gasteiger partial charge is 0.483 e. The van der Waals surface area contributed by atoms with E-state index in [4.69, 9.17) is 4.74 Å². The van der Waals surface area contributed by atoms with E-state index in [0.717, 1.165) is 16.6 Å². The first kappa shape index (κ1) is 16.4. The standard InChI is InChI=1S/C16H14BrF2NO2/c1-10(12-7-6-11(18)8-14(12)19)20-16(21)9-22-15-5-3-2-4-13(15)17/h2-8,10H,9H2,1H3,(H,20,21)/t10-/m1/s1. The Labute approximate surface area is 135 Å². The molecule has 2 rings (SSSR count). The monoisotopic (exact) mass is 369 g/mol. The van der Waals surface area contributed by atoms with Gasteiger partial charge in [-0.2, -0.15) is 0 Å². The minimum absolute atomic E-state index is 0.199. The van der Waals surface area contributed by atoms with E-state index >= 15 is 0 Å². The lowest BCUT2D eigenvalue weighted by atomic mass is 10.1. The first-order valence-corrected chi connectivity index (χ1v) is 7.38. The van der Waals surface area contributed by atoms with Crippen LogP contribution in [0.25, 0.3) is 0 Å². The summed E-state index contributed by atoms with van der Waals surface area (Å²) in [6.07, 6.45) is 0. The number of nitrogens with one attached hydrogen (secondary N) is 1. The zero-order valence-corrected chi connectivity index (χ0v) is 13.4. The van der Waals surface area contributed by atoms with Crippen molar-refractivity contribution in [2.24, 2.45) is 0 Å². The summed E-state index contributed by atoms with van der Waals surface area (Å²) in [6.45, 7) is 1.42. The highest BCUT2D eigenvalue weighted by Crippen LogP contribution is 2.23. The topological polar surface area (TPSA) is 38.3 Å². The van der Waals surface area contributed by atoms with Gasteiger partial charge in [-0.15, -0.1) is 0 Å². The van der Waals surface area contributed by atoms with Gasteiger partial charge in [0.2, 0.25) is 0 Å². The molecule has 2 aromatic carbocycles. The summed E-state index contributed by atoms with van der Waals surface area (Å²) in [5, 5.41) is 2.60. The average Bonchev–Trinajstić information content (AvgIpc) is 2.46. The van der Waals surface area contributed by atoms with E-state index in [0.29, 0.717) is 5.75 Å². The molecule has 0 radical (unpaired) electrons. The number of carbonyl (C=O) groups is 1. The molecule has 3 nitrogen and oxygen atoms in total. The van der Waals surface area contributed by atoms with Gasteiger partial charge in [0.25, 0.3) is 5.91 Å². The van der Waals surface area contributed by atoms with Crippen molar-refractivity contribution in [2.45, 2.75) is 13.0 Å². The molecular weight excluding hydrogens is 356 g/mol. The Morgan fingerprint density at radius 1 is 1.27 bits per heavy atom. The Morgan fingerprint density at radius 2 is 2.00 bits per heavy atom. The molecule has 0 aromatic heterocycles. The highest BCUT2D eigenvalue weighted by atomic mass is 79.9. The molecule has 0 aliphatic heterocycles. The van der Waals surface area contributed by atoms with Crippen LogP contribution in [0.2, 0.25) is 0 Å². The molecule has 2 aromatic rings. The molecule has 1 N–H and O–H groups in total. The molecular formula is C16H14BrF2NO2. The van der Waals surface area contributed by atoms with E-state index in [1.165, 1.54) is 6.07 Å². The second-order valence-electron chi connectivity index (χ2n) is 4.67. The van der Waals surface area contributed by atoms with Crippen molar-refractivity contribution < 1.29 is 18.3 Å². The molecule has 0 fully saturated rings. The van der Waals surface area contributed by atoms with E-state index in [2.05, 4.69) is 21.2 Å².